The molecule has 0 saturated carbocycles. The first kappa shape index (κ1) is 16.3. The number of rotatable bonds is 5. The van der Waals surface area contributed by atoms with E-state index in [1.807, 2.05) is 0 Å². The van der Waals surface area contributed by atoms with Gasteiger partial charge in [-0.25, -0.2) is 8.42 Å². The molecule has 0 amide bonds. The predicted octanol–water partition coefficient (Wildman–Crippen LogP) is 1.16. The molecule has 1 aromatic heterocycles. The van der Waals surface area contributed by atoms with Gasteiger partial charge in [-0.2, -0.15) is 0 Å². The van der Waals surface area contributed by atoms with Gasteiger partial charge in [-0.15, -0.1) is 0 Å². The molecule has 6 nitrogen and oxygen atoms in total. The third kappa shape index (κ3) is 3.55. The Morgan fingerprint density at radius 2 is 1.95 bits per heavy atom. The van der Waals surface area contributed by atoms with Crippen LogP contribution in [0, 0.1) is 6.92 Å². The molecular weight excluding hydrogens is 308 g/mol. The lowest BCUT2D eigenvalue weighted by Crippen LogP contribution is -2.12. The van der Waals surface area contributed by atoms with Crippen LogP contribution in [-0.2, 0) is 22.9 Å². The van der Waals surface area contributed by atoms with E-state index in [0.29, 0.717) is 0 Å². The third-order valence-electron chi connectivity index (χ3n) is 3.15. The van der Waals surface area contributed by atoms with Gasteiger partial charge in [0.1, 0.15) is 12.4 Å². The highest BCUT2D eigenvalue weighted by atomic mass is 32.2. The Labute approximate surface area is 127 Å². The van der Waals surface area contributed by atoms with Crippen molar-refractivity contribution < 1.29 is 23.0 Å². The standard InChI is InChI=1S/C15H16O6S/c1-10-3-2-4-12(7-10)22(19,20)6-5-11-8-13(17)15(18)14(9-16)21-11/h2-4,7-8,16,18H,5-6,9H2,1H3. The Morgan fingerprint density at radius 1 is 1.23 bits per heavy atom. The number of sulfone groups is 1. The Morgan fingerprint density at radius 3 is 2.59 bits per heavy atom. The van der Waals surface area contributed by atoms with E-state index in [9.17, 15) is 18.3 Å². The Hall–Kier alpha value is -2.12. The summed E-state index contributed by atoms with van der Waals surface area (Å²) in [5, 5.41) is 18.4. The van der Waals surface area contributed by atoms with E-state index >= 15 is 0 Å². The summed E-state index contributed by atoms with van der Waals surface area (Å²) >= 11 is 0. The molecule has 0 saturated heterocycles. The van der Waals surface area contributed by atoms with Gasteiger partial charge >= 0.3 is 0 Å². The summed E-state index contributed by atoms with van der Waals surface area (Å²) in [6.07, 6.45) is -0.0290. The van der Waals surface area contributed by atoms with Crippen molar-refractivity contribution in [3.63, 3.8) is 0 Å². The van der Waals surface area contributed by atoms with Crippen molar-refractivity contribution in [2.45, 2.75) is 24.8 Å². The molecule has 22 heavy (non-hydrogen) atoms. The van der Waals surface area contributed by atoms with E-state index in [2.05, 4.69) is 0 Å². The van der Waals surface area contributed by atoms with Gasteiger partial charge in [0.25, 0.3) is 0 Å². The van der Waals surface area contributed by atoms with Crippen LogP contribution in [0.3, 0.4) is 0 Å². The zero-order chi connectivity index (χ0) is 16.3. The van der Waals surface area contributed by atoms with Crippen LogP contribution in [0.25, 0.3) is 0 Å². The molecule has 0 aliphatic carbocycles. The van der Waals surface area contributed by atoms with Crippen molar-refractivity contribution in [1.82, 2.24) is 0 Å². The average molecular weight is 324 g/mol. The van der Waals surface area contributed by atoms with Crippen molar-refractivity contribution in [2.24, 2.45) is 0 Å². The van der Waals surface area contributed by atoms with Gasteiger partial charge in [0.05, 0.1) is 10.6 Å². The topological polar surface area (TPSA) is 105 Å². The van der Waals surface area contributed by atoms with Crippen LogP contribution < -0.4 is 5.43 Å². The van der Waals surface area contributed by atoms with Gasteiger partial charge in [0.15, 0.2) is 15.6 Å². The summed E-state index contributed by atoms with van der Waals surface area (Å²) in [6.45, 7) is 1.16. The SMILES string of the molecule is Cc1cccc(S(=O)(=O)CCc2cc(=O)c(O)c(CO)o2)c1. The van der Waals surface area contributed by atoms with Gasteiger partial charge in [-0.05, 0) is 24.6 Å². The molecule has 2 rings (SSSR count). The van der Waals surface area contributed by atoms with Gasteiger partial charge in [-0.3, -0.25) is 4.79 Å². The van der Waals surface area contributed by atoms with Crippen molar-refractivity contribution in [1.29, 1.82) is 0 Å². The second-order valence-corrected chi connectivity index (χ2v) is 7.00. The minimum atomic E-state index is -3.51. The number of hydrogen-bond acceptors (Lipinski definition) is 6. The van der Waals surface area contributed by atoms with Crippen molar-refractivity contribution >= 4 is 9.84 Å². The van der Waals surface area contributed by atoms with E-state index < -0.39 is 27.6 Å². The Kier molecular flexibility index (Phi) is 4.68. The molecule has 0 atom stereocenters. The Balaban J connectivity index is 2.23. The van der Waals surface area contributed by atoms with Gasteiger partial charge < -0.3 is 14.6 Å². The van der Waals surface area contributed by atoms with Crippen LogP contribution >= 0.6 is 0 Å². The van der Waals surface area contributed by atoms with Crippen LogP contribution in [0.4, 0.5) is 0 Å². The molecule has 1 heterocycles. The molecule has 0 aliphatic heterocycles. The highest BCUT2D eigenvalue weighted by molar-refractivity contribution is 7.91. The quantitative estimate of drug-likeness (QED) is 0.855. The van der Waals surface area contributed by atoms with Crippen molar-refractivity contribution in [3.05, 3.63) is 57.6 Å². The molecule has 2 aromatic rings. The third-order valence-corrected chi connectivity index (χ3v) is 4.87. The molecule has 0 fully saturated rings. The maximum atomic E-state index is 12.2. The molecule has 7 heteroatoms. The number of benzene rings is 1. The summed E-state index contributed by atoms with van der Waals surface area (Å²) < 4.78 is 29.6. The van der Waals surface area contributed by atoms with E-state index in [0.717, 1.165) is 11.6 Å². The first-order valence-corrected chi connectivity index (χ1v) is 8.24. The number of aliphatic hydroxyl groups is 1. The molecule has 0 aliphatic rings. The predicted molar refractivity (Wildman–Crippen MR) is 79.5 cm³/mol. The highest BCUT2D eigenvalue weighted by Crippen LogP contribution is 2.17. The molecule has 118 valence electrons. The lowest BCUT2D eigenvalue weighted by atomic mass is 10.2. The lowest BCUT2D eigenvalue weighted by Gasteiger charge is -2.07. The number of aliphatic hydroxyl groups excluding tert-OH is 1. The fourth-order valence-electron chi connectivity index (χ4n) is 1.98. The van der Waals surface area contributed by atoms with Crippen LogP contribution in [-0.4, -0.2) is 24.4 Å². The second kappa shape index (κ2) is 6.33. The molecule has 0 spiro atoms. The van der Waals surface area contributed by atoms with Crippen LogP contribution in [0.15, 0.2) is 44.4 Å². The number of aromatic hydroxyl groups is 1. The molecule has 1 aromatic carbocycles. The number of aryl methyl sites for hydroxylation is 2. The van der Waals surface area contributed by atoms with Crippen molar-refractivity contribution in [3.8, 4) is 5.75 Å². The fraction of sp³-hybridized carbons (Fsp3) is 0.267. The first-order chi connectivity index (χ1) is 10.3. The maximum Gasteiger partial charge on any atom is 0.227 e. The zero-order valence-electron chi connectivity index (χ0n) is 11.9. The monoisotopic (exact) mass is 324 g/mol. The van der Waals surface area contributed by atoms with Crippen LogP contribution in [0.1, 0.15) is 17.1 Å². The zero-order valence-corrected chi connectivity index (χ0v) is 12.8. The van der Waals surface area contributed by atoms with E-state index in [1.54, 1.807) is 25.1 Å². The first-order valence-electron chi connectivity index (χ1n) is 6.58. The summed E-state index contributed by atoms with van der Waals surface area (Å²) in [7, 11) is -3.51. The molecule has 0 bridgehead atoms. The molecule has 0 unspecified atom stereocenters. The highest BCUT2D eigenvalue weighted by Gasteiger charge is 2.17. The van der Waals surface area contributed by atoms with E-state index in [-0.39, 0.29) is 28.6 Å². The van der Waals surface area contributed by atoms with E-state index in [1.165, 1.54) is 6.07 Å². The van der Waals surface area contributed by atoms with Gasteiger partial charge in [-0.1, -0.05) is 12.1 Å². The lowest BCUT2D eigenvalue weighted by molar-refractivity contribution is 0.228. The van der Waals surface area contributed by atoms with Crippen molar-refractivity contribution in [2.75, 3.05) is 5.75 Å². The minimum Gasteiger partial charge on any atom is -0.502 e. The Bertz CT molecular complexity index is 835. The molecule has 2 N–H and O–H groups in total. The average Bonchev–Trinajstić information content (AvgIpc) is 2.48. The van der Waals surface area contributed by atoms with Gasteiger partial charge in [0.2, 0.25) is 11.2 Å². The van der Waals surface area contributed by atoms with Gasteiger partial charge in [0, 0.05) is 12.5 Å². The van der Waals surface area contributed by atoms with E-state index in [4.69, 9.17) is 9.52 Å². The van der Waals surface area contributed by atoms with Crippen LogP contribution in [0.5, 0.6) is 5.75 Å². The number of hydrogen-bond donors (Lipinski definition) is 2. The second-order valence-electron chi connectivity index (χ2n) is 4.89. The molecular formula is C15H16O6S. The summed E-state index contributed by atoms with van der Waals surface area (Å²) in [4.78, 5) is 11.7. The molecule has 0 radical (unpaired) electrons. The summed E-state index contributed by atoms with van der Waals surface area (Å²) in [5.41, 5.74) is 0.123. The summed E-state index contributed by atoms with van der Waals surface area (Å²) in [6, 6.07) is 7.56. The smallest absolute Gasteiger partial charge is 0.227 e. The minimum absolute atomic E-state index is 0.0290. The van der Waals surface area contributed by atoms with Crippen LogP contribution in [0.2, 0.25) is 0 Å². The summed E-state index contributed by atoms with van der Waals surface area (Å²) in [5.74, 6) is -1.07. The maximum absolute atomic E-state index is 12.2. The fourth-order valence-corrected chi connectivity index (χ4v) is 3.34. The largest absolute Gasteiger partial charge is 0.502 e. The normalized spacial score (nSPS) is 11.5.